The topological polar surface area (TPSA) is 72.6 Å². The van der Waals surface area contributed by atoms with Crippen molar-refractivity contribution < 1.29 is 18.8 Å². The number of hydrogen-bond donors (Lipinski definition) is 0. The second-order valence-corrected chi connectivity index (χ2v) is 9.54. The van der Waals surface area contributed by atoms with Crippen LogP contribution in [0.4, 0.5) is 0 Å². The van der Waals surface area contributed by atoms with E-state index in [1.807, 2.05) is 43.9 Å². The van der Waals surface area contributed by atoms with Crippen molar-refractivity contribution in [3.05, 3.63) is 57.2 Å². The van der Waals surface area contributed by atoms with Gasteiger partial charge >= 0.3 is 0 Å². The Morgan fingerprint density at radius 2 is 1.88 bits per heavy atom. The number of amides is 1. The lowest BCUT2D eigenvalue weighted by molar-refractivity contribution is -0.134. The quantitative estimate of drug-likeness (QED) is 0.548. The van der Waals surface area contributed by atoms with Gasteiger partial charge in [-0.25, -0.2) is 0 Å². The largest absolute Gasteiger partial charge is 0.486 e. The summed E-state index contributed by atoms with van der Waals surface area (Å²) in [6, 6.07) is 7.60. The zero-order valence-corrected chi connectivity index (χ0v) is 19.2. The minimum absolute atomic E-state index is 0.0133. The first-order valence-corrected chi connectivity index (χ1v) is 11.3. The monoisotopic (exact) mass is 452 g/mol. The Bertz CT molecular complexity index is 1250. The molecule has 166 valence electrons. The van der Waals surface area contributed by atoms with Gasteiger partial charge in [0.2, 0.25) is 5.91 Å². The Balaban J connectivity index is 1.29. The first kappa shape index (κ1) is 21.0. The Labute approximate surface area is 191 Å². The Morgan fingerprint density at radius 1 is 1.12 bits per heavy atom. The van der Waals surface area contributed by atoms with E-state index in [0.29, 0.717) is 54.4 Å². The van der Waals surface area contributed by atoms with Crippen LogP contribution >= 0.6 is 11.6 Å². The molecule has 1 spiro atoms. The third-order valence-electron chi connectivity index (χ3n) is 6.69. The maximum Gasteiger partial charge on any atom is 0.228 e. The molecular formula is C25H25ClN2O4. The third-order valence-corrected chi connectivity index (χ3v) is 7.10. The van der Waals surface area contributed by atoms with Crippen molar-refractivity contribution >= 4 is 34.3 Å². The van der Waals surface area contributed by atoms with Gasteiger partial charge in [-0.2, -0.15) is 0 Å². The summed E-state index contributed by atoms with van der Waals surface area (Å²) in [5, 5.41) is 5.63. The fourth-order valence-electron chi connectivity index (χ4n) is 4.88. The van der Waals surface area contributed by atoms with Gasteiger partial charge in [0.15, 0.2) is 11.4 Å². The third kappa shape index (κ3) is 3.56. The highest BCUT2D eigenvalue weighted by Crippen LogP contribution is 2.41. The fourth-order valence-corrected chi connectivity index (χ4v) is 5.04. The molecule has 0 saturated carbocycles. The van der Waals surface area contributed by atoms with Crippen LogP contribution in [0.15, 0.2) is 28.8 Å². The summed E-state index contributed by atoms with van der Waals surface area (Å²) < 4.78 is 11.8. The number of rotatable bonds is 2. The van der Waals surface area contributed by atoms with Gasteiger partial charge < -0.3 is 14.2 Å². The highest BCUT2D eigenvalue weighted by molar-refractivity contribution is 6.31. The van der Waals surface area contributed by atoms with Crippen molar-refractivity contribution in [1.82, 2.24) is 10.1 Å². The maximum atomic E-state index is 13.0. The molecule has 0 N–H and O–H groups in total. The number of nitrogens with zero attached hydrogens (tertiary/aromatic N) is 2. The highest BCUT2D eigenvalue weighted by atomic mass is 35.5. The predicted octanol–water partition coefficient (Wildman–Crippen LogP) is 4.98. The zero-order valence-electron chi connectivity index (χ0n) is 18.5. The summed E-state index contributed by atoms with van der Waals surface area (Å²) >= 11 is 6.19. The number of fused-ring (bicyclic) bond motifs is 2. The molecule has 1 saturated heterocycles. The first-order chi connectivity index (χ1) is 15.2. The molecule has 32 heavy (non-hydrogen) atoms. The molecule has 1 aromatic heterocycles. The summed E-state index contributed by atoms with van der Waals surface area (Å²) in [5.74, 6) is 0.662. The number of piperidine rings is 1. The molecule has 2 aliphatic heterocycles. The average Bonchev–Trinajstić information content (AvgIpc) is 3.13. The van der Waals surface area contributed by atoms with Gasteiger partial charge in [-0.05, 0) is 55.7 Å². The summed E-state index contributed by atoms with van der Waals surface area (Å²) in [5.41, 5.74) is 4.41. The molecule has 3 aromatic rings. The van der Waals surface area contributed by atoms with E-state index >= 15 is 0 Å². The van der Waals surface area contributed by atoms with Crippen molar-refractivity contribution in [3.8, 4) is 5.75 Å². The predicted molar refractivity (Wildman–Crippen MR) is 121 cm³/mol. The molecule has 0 unspecified atom stereocenters. The number of aryl methyl sites for hydroxylation is 3. The maximum absolute atomic E-state index is 13.0. The first-order valence-electron chi connectivity index (χ1n) is 10.9. The van der Waals surface area contributed by atoms with Crippen molar-refractivity contribution in [2.24, 2.45) is 0 Å². The number of benzene rings is 2. The van der Waals surface area contributed by atoms with E-state index in [9.17, 15) is 9.59 Å². The summed E-state index contributed by atoms with van der Waals surface area (Å²) in [6.45, 7) is 6.99. The Kier molecular flexibility index (Phi) is 5.01. The number of hydrogen-bond acceptors (Lipinski definition) is 5. The molecule has 0 bridgehead atoms. The highest BCUT2D eigenvalue weighted by Gasteiger charge is 2.44. The summed E-state index contributed by atoms with van der Waals surface area (Å²) in [6.07, 6.45) is 1.74. The van der Waals surface area contributed by atoms with Crippen LogP contribution in [-0.4, -0.2) is 40.4 Å². The normalized spacial score (nSPS) is 17.5. The van der Waals surface area contributed by atoms with Crippen LogP contribution in [0.2, 0.25) is 5.02 Å². The van der Waals surface area contributed by atoms with Crippen LogP contribution < -0.4 is 4.74 Å². The van der Waals surface area contributed by atoms with Crippen LogP contribution in [-0.2, 0) is 11.2 Å². The van der Waals surface area contributed by atoms with Crippen LogP contribution in [0, 0.1) is 20.8 Å². The van der Waals surface area contributed by atoms with E-state index in [2.05, 4.69) is 5.16 Å². The number of Topliss-reactive ketones (excluding diaryl/α,β-unsaturated/α-hetero) is 1. The molecule has 1 amide bonds. The Morgan fingerprint density at radius 3 is 2.62 bits per heavy atom. The average molecular weight is 453 g/mol. The fraction of sp³-hybridized carbons (Fsp3) is 0.400. The van der Waals surface area contributed by atoms with Gasteiger partial charge in [-0.3, -0.25) is 9.59 Å². The van der Waals surface area contributed by atoms with E-state index in [4.69, 9.17) is 20.9 Å². The van der Waals surface area contributed by atoms with Crippen molar-refractivity contribution in [2.45, 2.75) is 52.1 Å². The van der Waals surface area contributed by atoms with Gasteiger partial charge in [0.25, 0.3) is 0 Å². The number of halogens is 1. The van der Waals surface area contributed by atoms with Crippen molar-refractivity contribution in [3.63, 3.8) is 0 Å². The molecule has 6 nitrogen and oxygen atoms in total. The second kappa shape index (κ2) is 7.62. The lowest BCUT2D eigenvalue weighted by Gasteiger charge is -2.44. The molecule has 0 radical (unpaired) electrons. The molecule has 0 aliphatic carbocycles. The van der Waals surface area contributed by atoms with E-state index in [1.54, 1.807) is 6.07 Å². The van der Waals surface area contributed by atoms with Gasteiger partial charge in [0, 0.05) is 36.3 Å². The number of ketones is 1. The van der Waals surface area contributed by atoms with Crippen molar-refractivity contribution in [1.29, 1.82) is 0 Å². The number of carbonyl (C=O) groups excluding carboxylic acids is 2. The van der Waals surface area contributed by atoms with E-state index in [0.717, 1.165) is 27.7 Å². The smallest absolute Gasteiger partial charge is 0.228 e. The molecule has 7 heteroatoms. The molecule has 2 aliphatic rings. The zero-order chi connectivity index (χ0) is 22.6. The number of ether oxygens (including phenoxy) is 1. The summed E-state index contributed by atoms with van der Waals surface area (Å²) in [7, 11) is 0. The van der Waals surface area contributed by atoms with Gasteiger partial charge in [0.1, 0.15) is 17.0 Å². The van der Waals surface area contributed by atoms with Crippen molar-refractivity contribution in [2.75, 3.05) is 13.1 Å². The number of likely N-dealkylation sites (tertiary alicyclic amines) is 1. The molecule has 1 fully saturated rings. The molecule has 0 atom stereocenters. The standard InChI is InChI=1S/C25H25ClN2O4/c1-14-8-16(3)24-17(9-14)20(27-32-24)12-23(30)28-6-4-25(5-7-28)13-21(29)18-11-19(26)15(2)10-22(18)31-25/h8-11H,4-7,12-13H2,1-3H3. The molecule has 5 rings (SSSR count). The van der Waals surface area contributed by atoms with E-state index in [-0.39, 0.29) is 18.1 Å². The van der Waals surface area contributed by atoms with Crippen LogP contribution in [0.5, 0.6) is 5.75 Å². The molecule has 2 aromatic carbocycles. The lowest BCUT2D eigenvalue weighted by atomic mass is 9.82. The minimum atomic E-state index is -0.560. The van der Waals surface area contributed by atoms with Gasteiger partial charge in [0.05, 0.1) is 18.4 Å². The molecule has 3 heterocycles. The SMILES string of the molecule is Cc1cc(C)c2onc(CC(=O)N3CCC4(CC3)CC(=O)c3cc(Cl)c(C)cc3O4)c2c1. The van der Waals surface area contributed by atoms with Crippen LogP contribution in [0.3, 0.4) is 0 Å². The van der Waals surface area contributed by atoms with E-state index < -0.39 is 5.60 Å². The van der Waals surface area contributed by atoms with Crippen LogP contribution in [0.1, 0.15) is 52.0 Å². The van der Waals surface area contributed by atoms with Crippen LogP contribution in [0.25, 0.3) is 11.0 Å². The van der Waals surface area contributed by atoms with Gasteiger partial charge in [-0.1, -0.05) is 22.8 Å². The lowest BCUT2D eigenvalue weighted by Crippen LogP contribution is -2.52. The van der Waals surface area contributed by atoms with Gasteiger partial charge in [-0.15, -0.1) is 0 Å². The molecular weight excluding hydrogens is 428 g/mol. The second-order valence-electron chi connectivity index (χ2n) is 9.13. The number of aromatic nitrogens is 1. The summed E-state index contributed by atoms with van der Waals surface area (Å²) in [4.78, 5) is 27.6. The Hall–Kier alpha value is -2.86. The van der Waals surface area contributed by atoms with E-state index in [1.165, 1.54) is 0 Å². The minimum Gasteiger partial charge on any atom is -0.486 e. The number of carbonyl (C=O) groups is 2.